The molecule has 23 heavy (non-hydrogen) atoms. The molecular weight excluding hydrogens is 295 g/mol. The Morgan fingerprint density at radius 2 is 1.96 bits per heavy atom. The van der Waals surface area contributed by atoms with Crippen molar-refractivity contribution in [2.24, 2.45) is 0 Å². The van der Waals surface area contributed by atoms with Gasteiger partial charge in [-0.2, -0.15) is 0 Å². The third-order valence-corrected chi connectivity index (χ3v) is 4.03. The zero-order chi connectivity index (χ0) is 16.4. The summed E-state index contributed by atoms with van der Waals surface area (Å²) in [5, 5.41) is 2.81. The number of carbonyl (C=O) groups excluding carboxylic acids is 2. The highest BCUT2D eigenvalue weighted by Gasteiger charge is 2.23. The topological polar surface area (TPSA) is 49.4 Å². The highest BCUT2D eigenvalue weighted by molar-refractivity contribution is 6.00. The van der Waals surface area contributed by atoms with Crippen molar-refractivity contribution in [1.82, 2.24) is 5.32 Å². The van der Waals surface area contributed by atoms with E-state index in [2.05, 4.69) is 5.32 Å². The van der Waals surface area contributed by atoms with Crippen LogP contribution >= 0.6 is 0 Å². The maximum atomic E-state index is 12.8. The predicted octanol–water partition coefficient (Wildman–Crippen LogP) is 2.32. The fourth-order valence-corrected chi connectivity index (χ4v) is 2.70. The Bertz CT molecular complexity index is 756. The van der Waals surface area contributed by atoms with Gasteiger partial charge in [-0.3, -0.25) is 9.59 Å². The summed E-state index contributed by atoms with van der Waals surface area (Å²) < 4.78 is 12.8. The Morgan fingerprint density at radius 1 is 1.22 bits per heavy atom. The summed E-state index contributed by atoms with van der Waals surface area (Å²) in [4.78, 5) is 25.3. The normalized spacial score (nSPS) is 13.1. The molecule has 0 aliphatic carbocycles. The second kappa shape index (κ2) is 6.20. The standard InChI is InChI=1S/C18H17FN2O2/c1-21-16-7-2-12(10-14(16)11-17(21)22)8-9-20-18(23)13-3-5-15(19)6-4-13/h2-7,10H,8-9,11H2,1H3,(H,20,23). The molecule has 0 bridgehead atoms. The lowest BCUT2D eigenvalue weighted by molar-refractivity contribution is -0.117. The number of likely N-dealkylation sites (N-methyl/N-ethyl adjacent to an activating group) is 1. The van der Waals surface area contributed by atoms with E-state index in [1.807, 2.05) is 18.2 Å². The van der Waals surface area contributed by atoms with Crippen LogP contribution in [0.1, 0.15) is 21.5 Å². The molecule has 2 aromatic rings. The molecule has 1 aliphatic rings. The lowest BCUT2D eigenvalue weighted by Crippen LogP contribution is -2.25. The van der Waals surface area contributed by atoms with E-state index in [1.165, 1.54) is 24.3 Å². The number of hydrogen-bond acceptors (Lipinski definition) is 2. The van der Waals surface area contributed by atoms with Gasteiger partial charge in [0, 0.05) is 24.8 Å². The highest BCUT2D eigenvalue weighted by Crippen LogP contribution is 2.28. The van der Waals surface area contributed by atoms with Crippen LogP contribution in [0.4, 0.5) is 10.1 Å². The number of nitrogens with one attached hydrogen (secondary N) is 1. The summed E-state index contributed by atoms with van der Waals surface area (Å²) in [6, 6.07) is 11.4. The first kappa shape index (κ1) is 15.2. The van der Waals surface area contributed by atoms with Crippen LogP contribution in [0.3, 0.4) is 0 Å². The Morgan fingerprint density at radius 3 is 2.70 bits per heavy atom. The molecule has 3 rings (SSSR count). The molecular formula is C18H17FN2O2. The first-order valence-electron chi connectivity index (χ1n) is 7.47. The van der Waals surface area contributed by atoms with Crippen molar-refractivity contribution in [3.63, 3.8) is 0 Å². The second-order valence-electron chi connectivity index (χ2n) is 5.61. The molecule has 4 nitrogen and oxygen atoms in total. The summed E-state index contributed by atoms with van der Waals surface area (Å²) >= 11 is 0. The molecule has 1 N–H and O–H groups in total. The number of fused-ring (bicyclic) bond motifs is 1. The van der Waals surface area contributed by atoms with Crippen LogP contribution in [0.15, 0.2) is 42.5 Å². The average molecular weight is 312 g/mol. The molecule has 118 valence electrons. The van der Waals surface area contributed by atoms with Crippen LogP contribution in [-0.2, 0) is 17.6 Å². The maximum Gasteiger partial charge on any atom is 0.251 e. The average Bonchev–Trinajstić information content (AvgIpc) is 2.82. The van der Waals surface area contributed by atoms with E-state index < -0.39 is 0 Å². The van der Waals surface area contributed by atoms with Gasteiger partial charge in [-0.05, 0) is 47.9 Å². The van der Waals surface area contributed by atoms with Crippen molar-refractivity contribution in [1.29, 1.82) is 0 Å². The van der Waals surface area contributed by atoms with E-state index in [0.29, 0.717) is 24.9 Å². The number of anilines is 1. The first-order chi connectivity index (χ1) is 11.0. The zero-order valence-electron chi connectivity index (χ0n) is 12.8. The SMILES string of the molecule is CN1C(=O)Cc2cc(CCNC(=O)c3ccc(F)cc3)ccc21. The van der Waals surface area contributed by atoms with Crippen molar-refractivity contribution in [3.8, 4) is 0 Å². The fraction of sp³-hybridized carbons (Fsp3) is 0.222. The molecule has 0 atom stereocenters. The van der Waals surface area contributed by atoms with E-state index in [9.17, 15) is 14.0 Å². The molecule has 1 aliphatic heterocycles. The summed E-state index contributed by atoms with van der Waals surface area (Å²) in [5.74, 6) is -0.484. The van der Waals surface area contributed by atoms with Gasteiger partial charge in [0.2, 0.25) is 5.91 Å². The van der Waals surface area contributed by atoms with Gasteiger partial charge in [0.25, 0.3) is 5.91 Å². The predicted molar refractivity (Wildman–Crippen MR) is 86.0 cm³/mol. The summed E-state index contributed by atoms with van der Waals surface area (Å²) in [7, 11) is 1.77. The molecule has 0 saturated carbocycles. The van der Waals surface area contributed by atoms with E-state index in [4.69, 9.17) is 0 Å². The number of nitrogens with zero attached hydrogens (tertiary/aromatic N) is 1. The van der Waals surface area contributed by atoms with Crippen molar-refractivity contribution < 1.29 is 14.0 Å². The monoisotopic (exact) mass is 312 g/mol. The van der Waals surface area contributed by atoms with Crippen LogP contribution in [0.25, 0.3) is 0 Å². The quantitative estimate of drug-likeness (QED) is 0.942. The highest BCUT2D eigenvalue weighted by atomic mass is 19.1. The van der Waals surface area contributed by atoms with E-state index in [0.717, 1.165) is 16.8 Å². The third kappa shape index (κ3) is 3.23. The summed E-state index contributed by atoms with van der Waals surface area (Å²) in [6.45, 7) is 0.485. The summed E-state index contributed by atoms with van der Waals surface area (Å²) in [5.41, 5.74) is 3.49. The number of rotatable bonds is 4. The molecule has 0 unspecified atom stereocenters. The second-order valence-corrected chi connectivity index (χ2v) is 5.61. The van der Waals surface area contributed by atoms with Gasteiger partial charge in [-0.25, -0.2) is 4.39 Å². The minimum Gasteiger partial charge on any atom is -0.352 e. The Kier molecular flexibility index (Phi) is 4.10. The van der Waals surface area contributed by atoms with E-state index >= 15 is 0 Å². The van der Waals surface area contributed by atoms with Crippen LogP contribution in [-0.4, -0.2) is 25.4 Å². The smallest absolute Gasteiger partial charge is 0.251 e. The number of amides is 2. The van der Waals surface area contributed by atoms with Gasteiger partial charge in [0.1, 0.15) is 5.82 Å². The molecule has 2 amide bonds. The van der Waals surface area contributed by atoms with Crippen LogP contribution in [0.2, 0.25) is 0 Å². The van der Waals surface area contributed by atoms with E-state index in [1.54, 1.807) is 11.9 Å². The van der Waals surface area contributed by atoms with Crippen molar-refractivity contribution in [2.45, 2.75) is 12.8 Å². The third-order valence-electron chi connectivity index (χ3n) is 4.03. The number of carbonyl (C=O) groups is 2. The number of halogens is 1. The fourth-order valence-electron chi connectivity index (χ4n) is 2.70. The molecule has 5 heteroatoms. The van der Waals surface area contributed by atoms with Crippen LogP contribution in [0, 0.1) is 5.82 Å². The van der Waals surface area contributed by atoms with Crippen molar-refractivity contribution >= 4 is 17.5 Å². The van der Waals surface area contributed by atoms with Gasteiger partial charge >= 0.3 is 0 Å². The molecule has 2 aromatic carbocycles. The van der Waals surface area contributed by atoms with Gasteiger partial charge in [-0.15, -0.1) is 0 Å². The van der Waals surface area contributed by atoms with Gasteiger partial charge in [-0.1, -0.05) is 12.1 Å². The molecule has 0 saturated heterocycles. The van der Waals surface area contributed by atoms with Crippen molar-refractivity contribution in [2.75, 3.05) is 18.5 Å². The molecule has 1 heterocycles. The minimum absolute atomic E-state index is 0.0989. The largest absolute Gasteiger partial charge is 0.352 e. The van der Waals surface area contributed by atoms with Crippen molar-refractivity contribution in [3.05, 3.63) is 65.0 Å². The Hall–Kier alpha value is -2.69. The number of benzene rings is 2. The first-order valence-corrected chi connectivity index (χ1v) is 7.47. The van der Waals surface area contributed by atoms with Gasteiger partial charge in [0.05, 0.1) is 6.42 Å². The molecule has 0 radical (unpaired) electrons. The minimum atomic E-state index is -0.362. The van der Waals surface area contributed by atoms with Crippen LogP contribution in [0.5, 0.6) is 0 Å². The molecule has 0 aromatic heterocycles. The van der Waals surface area contributed by atoms with Gasteiger partial charge in [0.15, 0.2) is 0 Å². The summed E-state index contributed by atoms with van der Waals surface area (Å²) in [6.07, 6.45) is 1.11. The lowest BCUT2D eigenvalue weighted by atomic mass is 10.1. The van der Waals surface area contributed by atoms with E-state index in [-0.39, 0.29) is 17.6 Å². The Balaban J connectivity index is 1.57. The molecule has 0 spiro atoms. The Labute approximate surface area is 133 Å². The van der Waals surface area contributed by atoms with Crippen LogP contribution < -0.4 is 10.2 Å². The lowest BCUT2D eigenvalue weighted by Gasteiger charge is -2.11. The number of hydrogen-bond donors (Lipinski definition) is 1. The zero-order valence-corrected chi connectivity index (χ0v) is 12.8. The van der Waals surface area contributed by atoms with Gasteiger partial charge < -0.3 is 10.2 Å². The molecule has 0 fully saturated rings. The maximum absolute atomic E-state index is 12.8.